The van der Waals surface area contributed by atoms with Gasteiger partial charge in [-0.25, -0.2) is 4.79 Å². The SMILES string of the molecule is Cc1cc(C(F)(F)F)ccc1COC1CN(C(=O)[C@H]2C[C@]3(COC(=O)N3)C2)C1. The number of aryl methyl sites for hydroxylation is 1. The lowest BCUT2D eigenvalue weighted by Crippen LogP contribution is -2.62. The van der Waals surface area contributed by atoms with Crippen molar-refractivity contribution in [2.75, 3.05) is 19.7 Å². The van der Waals surface area contributed by atoms with Crippen LogP contribution in [-0.2, 0) is 27.1 Å². The second-order valence-corrected chi connectivity index (χ2v) is 7.90. The summed E-state index contributed by atoms with van der Waals surface area (Å²) in [5.74, 6) is -0.0579. The highest BCUT2D eigenvalue weighted by molar-refractivity contribution is 5.82. The Kier molecular flexibility index (Phi) is 4.52. The number of carbonyl (C=O) groups excluding carboxylic acids is 2. The van der Waals surface area contributed by atoms with E-state index in [0.29, 0.717) is 43.7 Å². The zero-order chi connectivity index (χ0) is 20.1. The molecule has 1 spiro atoms. The third-order valence-electron chi connectivity index (χ3n) is 5.77. The van der Waals surface area contributed by atoms with Crippen molar-refractivity contribution in [3.05, 3.63) is 34.9 Å². The summed E-state index contributed by atoms with van der Waals surface area (Å²) in [5, 5.41) is 2.77. The first-order valence-electron chi connectivity index (χ1n) is 9.17. The first kappa shape index (κ1) is 19.0. The van der Waals surface area contributed by atoms with E-state index in [2.05, 4.69) is 5.32 Å². The molecule has 0 unspecified atom stereocenters. The summed E-state index contributed by atoms with van der Waals surface area (Å²) in [7, 11) is 0. The first-order valence-corrected chi connectivity index (χ1v) is 9.17. The number of alkyl halides is 3. The molecule has 4 rings (SSSR count). The van der Waals surface area contributed by atoms with E-state index in [0.717, 1.165) is 12.1 Å². The maximum atomic E-state index is 12.7. The van der Waals surface area contributed by atoms with Crippen LogP contribution in [0.25, 0.3) is 0 Å². The first-order chi connectivity index (χ1) is 13.2. The summed E-state index contributed by atoms with van der Waals surface area (Å²) in [6, 6.07) is 3.61. The average Bonchev–Trinajstić information content (AvgIpc) is 2.94. The molecule has 1 aliphatic carbocycles. The number of nitrogens with zero attached hydrogens (tertiary/aromatic N) is 1. The second kappa shape index (κ2) is 6.65. The topological polar surface area (TPSA) is 67.9 Å². The van der Waals surface area contributed by atoms with Gasteiger partial charge in [-0.15, -0.1) is 0 Å². The molecular weight excluding hydrogens is 377 g/mol. The largest absolute Gasteiger partial charge is 0.447 e. The monoisotopic (exact) mass is 398 g/mol. The predicted molar refractivity (Wildman–Crippen MR) is 91.3 cm³/mol. The maximum Gasteiger partial charge on any atom is 0.416 e. The number of carbonyl (C=O) groups is 2. The van der Waals surface area contributed by atoms with Crippen LogP contribution in [0.5, 0.6) is 0 Å². The van der Waals surface area contributed by atoms with E-state index in [-0.39, 0.29) is 30.1 Å². The van der Waals surface area contributed by atoms with Crippen molar-refractivity contribution < 1.29 is 32.2 Å². The standard InChI is InChI=1S/C19H21F3N2O4/c1-11-4-14(19(20,21)22)3-2-12(11)9-27-15-7-24(8-15)16(25)13-5-18(6-13)10-28-17(26)23-18/h2-4,13,15H,5-10H2,1H3,(H,23,26)/t13-,18+. The molecule has 2 heterocycles. The molecule has 0 aromatic heterocycles. The summed E-state index contributed by atoms with van der Waals surface area (Å²) >= 11 is 0. The van der Waals surface area contributed by atoms with E-state index in [9.17, 15) is 22.8 Å². The minimum Gasteiger partial charge on any atom is -0.447 e. The van der Waals surface area contributed by atoms with Crippen molar-refractivity contribution in [2.24, 2.45) is 5.92 Å². The maximum absolute atomic E-state index is 12.7. The predicted octanol–water partition coefficient (Wildman–Crippen LogP) is 2.63. The quantitative estimate of drug-likeness (QED) is 0.847. The molecule has 1 aromatic rings. The van der Waals surface area contributed by atoms with Crippen LogP contribution in [0.4, 0.5) is 18.0 Å². The van der Waals surface area contributed by atoms with Crippen molar-refractivity contribution in [3.63, 3.8) is 0 Å². The summed E-state index contributed by atoms with van der Waals surface area (Å²) in [6.45, 7) is 3.11. The molecule has 2 amide bonds. The van der Waals surface area contributed by atoms with Gasteiger partial charge in [0.2, 0.25) is 5.91 Å². The number of ether oxygens (including phenoxy) is 2. The molecule has 2 aliphatic heterocycles. The Morgan fingerprint density at radius 2 is 2.07 bits per heavy atom. The molecular formula is C19H21F3N2O4. The molecule has 0 bridgehead atoms. The van der Waals surface area contributed by atoms with Crippen molar-refractivity contribution >= 4 is 12.0 Å². The minimum atomic E-state index is -4.35. The van der Waals surface area contributed by atoms with Crippen LogP contribution >= 0.6 is 0 Å². The molecule has 1 saturated carbocycles. The van der Waals surface area contributed by atoms with Crippen LogP contribution in [-0.4, -0.2) is 48.2 Å². The normalized spacial score (nSPS) is 27.2. The van der Waals surface area contributed by atoms with Gasteiger partial charge in [-0.3, -0.25) is 4.79 Å². The second-order valence-electron chi connectivity index (χ2n) is 7.90. The van der Waals surface area contributed by atoms with Gasteiger partial charge >= 0.3 is 12.3 Å². The van der Waals surface area contributed by atoms with Gasteiger partial charge < -0.3 is 19.7 Å². The van der Waals surface area contributed by atoms with Gasteiger partial charge in [0.15, 0.2) is 0 Å². The number of cyclic esters (lactones) is 1. The number of rotatable bonds is 4. The summed E-state index contributed by atoms with van der Waals surface area (Å²) in [4.78, 5) is 25.3. The Labute approximate surface area is 160 Å². The molecule has 2 saturated heterocycles. The van der Waals surface area contributed by atoms with Crippen LogP contribution in [0, 0.1) is 12.8 Å². The highest BCUT2D eigenvalue weighted by Crippen LogP contribution is 2.42. The van der Waals surface area contributed by atoms with Crippen LogP contribution in [0.2, 0.25) is 0 Å². The lowest BCUT2D eigenvalue weighted by atomic mass is 9.68. The third kappa shape index (κ3) is 3.55. The van der Waals surface area contributed by atoms with Gasteiger partial charge in [0.1, 0.15) is 6.61 Å². The minimum absolute atomic E-state index is 0.0531. The van der Waals surface area contributed by atoms with Crippen molar-refractivity contribution in [3.8, 4) is 0 Å². The van der Waals surface area contributed by atoms with Gasteiger partial charge in [-0.1, -0.05) is 6.07 Å². The lowest BCUT2D eigenvalue weighted by molar-refractivity contribution is -0.155. The number of benzene rings is 1. The molecule has 152 valence electrons. The Balaban J connectivity index is 1.21. The van der Waals surface area contributed by atoms with Crippen molar-refractivity contribution in [1.82, 2.24) is 10.2 Å². The Hall–Kier alpha value is -2.29. The van der Waals surface area contributed by atoms with Crippen molar-refractivity contribution in [2.45, 2.75) is 44.2 Å². The van der Waals surface area contributed by atoms with Gasteiger partial charge in [-0.2, -0.15) is 13.2 Å². The zero-order valence-electron chi connectivity index (χ0n) is 15.3. The van der Waals surface area contributed by atoms with E-state index in [1.165, 1.54) is 6.07 Å². The number of hydrogen-bond acceptors (Lipinski definition) is 4. The molecule has 9 heteroatoms. The van der Waals surface area contributed by atoms with Crippen molar-refractivity contribution in [1.29, 1.82) is 0 Å². The summed E-state index contributed by atoms with van der Waals surface area (Å²) < 4.78 is 48.8. The van der Waals surface area contributed by atoms with Crippen LogP contribution < -0.4 is 5.32 Å². The van der Waals surface area contributed by atoms with Gasteiger partial charge in [0.25, 0.3) is 0 Å². The molecule has 3 aliphatic rings. The smallest absolute Gasteiger partial charge is 0.416 e. The van der Waals surface area contributed by atoms with E-state index in [1.54, 1.807) is 11.8 Å². The fraction of sp³-hybridized carbons (Fsp3) is 0.579. The van der Waals surface area contributed by atoms with E-state index >= 15 is 0 Å². The fourth-order valence-electron chi connectivity index (χ4n) is 3.99. The number of alkyl carbamates (subject to hydrolysis) is 1. The molecule has 1 N–H and O–H groups in total. The highest BCUT2D eigenvalue weighted by Gasteiger charge is 2.54. The summed E-state index contributed by atoms with van der Waals surface area (Å²) in [5.41, 5.74) is 0.188. The molecule has 3 fully saturated rings. The number of nitrogens with one attached hydrogen (secondary N) is 1. The molecule has 0 radical (unpaired) electrons. The van der Waals surface area contributed by atoms with Gasteiger partial charge in [0, 0.05) is 19.0 Å². The van der Waals surface area contributed by atoms with Gasteiger partial charge in [-0.05, 0) is 43.0 Å². The molecule has 1 aromatic carbocycles. The highest BCUT2D eigenvalue weighted by atomic mass is 19.4. The van der Waals surface area contributed by atoms with Crippen LogP contribution in [0.3, 0.4) is 0 Å². The summed E-state index contributed by atoms with van der Waals surface area (Å²) in [6.07, 6.45) is -3.72. The van der Waals surface area contributed by atoms with E-state index in [4.69, 9.17) is 9.47 Å². The Morgan fingerprint density at radius 1 is 1.36 bits per heavy atom. The molecule has 0 atom stereocenters. The average molecular weight is 398 g/mol. The van der Waals surface area contributed by atoms with Gasteiger partial charge in [0.05, 0.1) is 23.8 Å². The number of likely N-dealkylation sites (tertiary alicyclic amines) is 1. The third-order valence-corrected chi connectivity index (χ3v) is 5.77. The zero-order valence-corrected chi connectivity index (χ0v) is 15.3. The van der Waals surface area contributed by atoms with Crippen LogP contribution in [0.15, 0.2) is 18.2 Å². The Morgan fingerprint density at radius 3 is 2.64 bits per heavy atom. The number of amides is 2. The lowest BCUT2D eigenvalue weighted by Gasteiger charge is -2.47. The fourth-order valence-corrected chi connectivity index (χ4v) is 3.99. The number of hydrogen-bond donors (Lipinski definition) is 1. The molecule has 6 nitrogen and oxygen atoms in total. The number of halogens is 3. The van der Waals surface area contributed by atoms with E-state index < -0.39 is 17.8 Å². The van der Waals surface area contributed by atoms with E-state index in [1.807, 2.05) is 0 Å². The van der Waals surface area contributed by atoms with Crippen LogP contribution in [0.1, 0.15) is 29.5 Å². The molecule has 28 heavy (non-hydrogen) atoms. The Bertz CT molecular complexity index is 799.